The van der Waals surface area contributed by atoms with Crippen molar-refractivity contribution in [3.63, 3.8) is 0 Å². The number of hydrogen-bond acceptors (Lipinski definition) is 3. The summed E-state index contributed by atoms with van der Waals surface area (Å²) in [6, 6.07) is 13.4. The molecule has 0 saturated carbocycles. The fraction of sp³-hybridized carbons (Fsp3) is 0.235. The number of ether oxygens (including phenoxy) is 1. The lowest BCUT2D eigenvalue weighted by Crippen LogP contribution is -1.93. The lowest BCUT2D eigenvalue weighted by Gasteiger charge is -2.06. The molecule has 2 rings (SSSR count). The van der Waals surface area contributed by atoms with Gasteiger partial charge < -0.3 is 9.84 Å². The van der Waals surface area contributed by atoms with Crippen molar-refractivity contribution < 1.29 is 9.84 Å². The minimum Gasteiger partial charge on any atom is -0.504 e. The average molecular weight is 269 g/mol. The summed E-state index contributed by atoms with van der Waals surface area (Å²) in [4.78, 5) is 4.42. The van der Waals surface area contributed by atoms with Gasteiger partial charge in [-0.1, -0.05) is 19.1 Å². The van der Waals surface area contributed by atoms with E-state index in [0.29, 0.717) is 12.4 Å². The van der Waals surface area contributed by atoms with Crippen molar-refractivity contribution >= 4 is 11.9 Å². The van der Waals surface area contributed by atoms with Gasteiger partial charge in [0.15, 0.2) is 11.5 Å². The molecule has 104 valence electrons. The fourth-order valence-corrected chi connectivity index (χ4v) is 1.85. The molecule has 0 amide bonds. The van der Waals surface area contributed by atoms with Crippen molar-refractivity contribution in [2.45, 2.75) is 20.3 Å². The zero-order chi connectivity index (χ0) is 14.4. The maximum atomic E-state index is 9.64. The minimum absolute atomic E-state index is 0.149. The highest BCUT2D eigenvalue weighted by Crippen LogP contribution is 2.26. The molecule has 0 aliphatic carbocycles. The van der Waals surface area contributed by atoms with E-state index in [0.717, 1.165) is 17.7 Å². The Hall–Kier alpha value is -2.29. The predicted molar refractivity (Wildman–Crippen MR) is 82.3 cm³/mol. The van der Waals surface area contributed by atoms with E-state index in [9.17, 15) is 5.11 Å². The summed E-state index contributed by atoms with van der Waals surface area (Å²) in [5, 5.41) is 9.64. The predicted octanol–water partition coefficient (Wildman–Crippen LogP) is 4.10. The van der Waals surface area contributed by atoms with Gasteiger partial charge in [0.2, 0.25) is 0 Å². The maximum Gasteiger partial charge on any atom is 0.161 e. The van der Waals surface area contributed by atoms with E-state index in [-0.39, 0.29) is 5.75 Å². The van der Waals surface area contributed by atoms with Crippen LogP contribution in [0.25, 0.3) is 0 Å². The van der Waals surface area contributed by atoms with Crippen LogP contribution in [0.3, 0.4) is 0 Å². The number of phenols is 1. The minimum atomic E-state index is 0.149. The van der Waals surface area contributed by atoms with Crippen molar-refractivity contribution in [3.8, 4) is 11.5 Å². The van der Waals surface area contributed by atoms with Gasteiger partial charge >= 0.3 is 0 Å². The molecular weight excluding hydrogens is 250 g/mol. The highest BCUT2D eigenvalue weighted by Gasteiger charge is 2.01. The topological polar surface area (TPSA) is 41.8 Å². The Morgan fingerprint density at radius 3 is 2.50 bits per heavy atom. The van der Waals surface area contributed by atoms with Gasteiger partial charge in [-0.25, -0.2) is 0 Å². The van der Waals surface area contributed by atoms with Crippen LogP contribution in [0.5, 0.6) is 11.5 Å². The molecule has 0 aromatic heterocycles. The van der Waals surface area contributed by atoms with Crippen molar-refractivity contribution in [2.24, 2.45) is 4.99 Å². The molecule has 20 heavy (non-hydrogen) atoms. The summed E-state index contributed by atoms with van der Waals surface area (Å²) in [5.74, 6) is 0.633. The van der Waals surface area contributed by atoms with Crippen molar-refractivity contribution in [2.75, 3.05) is 6.61 Å². The number of nitrogens with zero attached hydrogens (tertiary/aromatic N) is 1. The molecule has 1 N–H and O–H groups in total. The van der Waals surface area contributed by atoms with Gasteiger partial charge in [-0.05, 0) is 54.8 Å². The number of benzene rings is 2. The van der Waals surface area contributed by atoms with Crippen LogP contribution < -0.4 is 4.74 Å². The molecule has 0 saturated heterocycles. The van der Waals surface area contributed by atoms with Crippen LogP contribution in [0.1, 0.15) is 25.0 Å². The molecule has 0 spiro atoms. The smallest absolute Gasteiger partial charge is 0.161 e. The highest BCUT2D eigenvalue weighted by molar-refractivity contribution is 5.83. The highest BCUT2D eigenvalue weighted by atomic mass is 16.5. The van der Waals surface area contributed by atoms with Crippen LogP contribution in [0.4, 0.5) is 5.69 Å². The Morgan fingerprint density at radius 2 is 1.85 bits per heavy atom. The summed E-state index contributed by atoms with van der Waals surface area (Å²) < 4.78 is 5.35. The molecule has 3 heteroatoms. The van der Waals surface area contributed by atoms with E-state index >= 15 is 0 Å². The Kier molecular flexibility index (Phi) is 4.77. The molecule has 0 unspecified atom stereocenters. The second-order valence-corrected chi connectivity index (χ2v) is 4.44. The quantitative estimate of drug-likeness (QED) is 0.830. The Bertz CT molecular complexity index is 588. The number of aliphatic imine (C=N–C) groups is 1. The molecule has 3 nitrogen and oxygen atoms in total. The van der Waals surface area contributed by atoms with E-state index < -0.39 is 0 Å². The number of rotatable bonds is 5. The summed E-state index contributed by atoms with van der Waals surface area (Å²) in [6.45, 7) is 4.53. The van der Waals surface area contributed by atoms with Gasteiger partial charge in [-0.2, -0.15) is 0 Å². The lowest BCUT2D eigenvalue weighted by atomic mass is 10.1. The maximum absolute atomic E-state index is 9.64. The van der Waals surface area contributed by atoms with Gasteiger partial charge in [-0.15, -0.1) is 0 Å². The van der Waals surface area contributed by atoms with Crippen molar-refractivity contribution in [1.29, 1.82) is 0 Å². The normalized spacial score (nSPS) is 10.9. The zero-order valence-electron chi connectivity index (χ0n) is 11.8. The molecule has 0 aliphatic heterocycles. The van der Waals surface area contributed by atoms with Crippen molar-refractivity contribution in [3.05, 3.63) is 53.6 Å². The van der Waals surface area contributed by atoms with Gasteiger partial charge in [0.05, 0.1) is 12.3 Å². The van der Waals surface area contributed by atoms with Crippen LogP contribution in [0.2, 0.25) is 0 Å². The first-order valence-corrected chi connectivity index (χ1v) is 6.81. The summed E-state index contributed by atoms with van der Waals surface area (Å²) >= 11 is 0. The Balaban J connectivity index is 2.15. The number of hydrogen-bond donors (Lipinski definition) is 1. The Labute approximate surface area is 119 Å². The summed E-state index contributed by atoms with van der Waals surface area (Å²) in [7, 11) is 0. The summed E-state index contributed by atoms with van der Waals surface area (Å²) in [5.41, 5.74) is 3.10. The van der Waals surface area contributed by atoms with E-state index in [1.807, 2.05) is 25.1 Å². The van der Waals surface area contributed by atoms with Crippen molar-refractivity contribution in [1.82, 2.24) is 0 Å². The molecule has 0 fully saturated rings. The number of aromatic hydroxyl groups is 1. The monoisotopic (exact) mass is 269 g/mol. The molecule has 0 heterocycles. The van der Waals surface area contributed by atoms with Gasteiger partial charge in [0, 0.05) is 6.21 Å². The van der Waals surface area contributed by atoms with Gasteiger partial charge in [-0.3, -0.25) is 4.99 Å². The molecule has 0 atom stereocenters. The van der Waals surface area contributed by atoms with Crippen LogP contribution in [-0.2, 0) is 6.42 Å². The first-order valence-electron chi connectivity index (χ1n) is 6.81. The van der Waals surface area contributed by atoms with Crippen LogP contribution >= 0.6 is 0 Å². The standard InChI is InChI=1S/C17H19NO2/c1-3-13-5-8-15(9-6-13)18-12-14-7-10-16(19)17(11-14)20-4-2/h5-12,19H,3-4H2,1-2H3. The van der Waals surface area contributed by atoms with Crippen LogP contribution in [0.15, 0.2) is 47.5 Å². The second kappa shape index (κ2) is 6.75. The Morgan fingerprint density at radius 1 is 1.10 bits per heavy atom. The summed E-state index contributed by atoms with van der Waals surface area (Å²) in [6.07, 6.45) is 2.79. The van der Waals surface area contributed by atoms with Gasteiger partial charge in [0.25, 0.3) is 0 Å². The van der Waals surface area contributed by atoms with E-state index in [1.165, 1.54) is 5.56 Å². The zero-order valence-corrected chi connectivity index (χ0v) is 11.8. The first-order chi connectivity index (χ1) is 9.72. The first kappa shape index (κ1) is 14.1. The van der Waals surface area contributed by atoms with E-state index in [1.54, 1.807) is 18.3 Å². The average Bonchev–Trinajstić information content (AvgIpc) is 2.49. The van der Waals surface area contributed by atoms with Crippen LogP contribution in [-0.4, -0.2) is 17.9 Å². The molecule has 0 radical (unpaired) electrons. The number of aryl methyl sites for hydroxylation is 1. The van der Waals surface area contributed by atoms with Gasteiger partial charge in [0.1, 0.15) is 0 Å². The molecule has 0 bridgehead atoms. The molecule has 2 aromatic rings. The third-order valence-electron chi connectivity index (χ3n) is 2.99. The third-order valence-corrected chi connectivity index (χ3v) is 2.99. The fourth-order valence-electron chi connectivity index (χ4n) is 1.85. The van der Waals surface area contributed by atoms with E-state index in [2.05, 4.69) is 24.0 Å². The SMILES string of the molecule is CCOc1cc(C=Nc2ccc(CC)cc2)ccc1O. The lowest BCUT2D eigenvalue weighted by molar-refractivity contribution is 0.318. The van der Waals surface area contributed by atoms with E-state index in [4.69, 9.17) is 4.74 Å². The number of phenolic OH excluding ortho intramolecular Hbond substituents is 1. The largest absolute Gasteiger partial charge is 0.504 e. The molecule has 2 aromatic carbocycles. The van der Waals surface area contributed by atoms with Crippen LogP contribution in [0, 0.1) is 0 Å². The molecular formula is C17H19NO2. The second-order valence-electron chi connectivity index (χ2n) is 4.44. The molecule has 0 aliphatic rings. The third kappa shape index (κ3) is 3.60.